The van der Waals surface area contributed by atoms with Crippen molar-refractivity contribution in [2.75, 3.05) is 13.1 Å². The van der Waals surface area contributed by atoms with Crippen LogP contribution in [0.5, 0.6) is 0 Å². The third-order valence-corrected chi connectivity index (χ3v) is 7.23. The number of nitrogens with zero attached hydrogens (tertiary/aromatic N) is 2. The molecule has 1 saturated carbocycles. The van der Waals surface area contributed by atoms with Gasteiger partial charge in [0, 0.05) is 44.2 Å². The molecule has 0 aromatic heterocycles. The molecule has 2 atom stereocenters. The van der Waals surface area contributed by atoms with Crippen LogP contribution in [0.25, 0.3) is 0 Å². The topological polar surface area (TPSA) is 95.7 Å². The highest BCUT2D eigenvalue weighted by Crippen LogP contribution is 2.47. The van der Waals surface area contributed by atoms with E-state index in [1.165, 1.54) is 19.3 Å². The summed E-state index contributed by atoms with van der Waals surface area (Å²) in [5.41, 5.74) is 9.61. The number of fused-ring (bicyclic) bond motifs is 1. The molecule has 5 rings (SSSR count). The molecule has 2 saturated heterocycles. The maximum absolute atomic E-state index is 13.0. The van der Waals surface area contributed by atoms with Gasteiger partial charge in [-0.15, -0.1) is 0 Å². The Morgan fingerprint density at radius 3 is 2.76 bits per heavy atom. The van der Waals surface area contributed by atoms with Gasteiger partial charge in [0.25, 0.3) is 5.91 Å². The van der Waals surface area contributed by atoms with E-state index in [0.717, 1.165) is 37.2 Å². The molecule has 1 aromatic carbocycles. The van der Waals surface area contributed by atoms with Crippen molar-refractivity contribution in [2.24, 2.45) is 11.1 Å². The van der Waals surface area contributed by atoms with Gasteiger partial charge < -0.3 is 10.6 Å². The molecule has 3 aliphatic heterocycles. The molecule has 154 valence electrons. The quantitative estimate of drug-likeness (QED) is 0.748. The van der Waals surface area contributed by atoms with Gasteiger partial charge in [-0.2, -0.15) is 0 Å². The number of nitrogens with one attached hydrogen (secondary N) is 1. The smallest absolute Gasteiger partial charge is 0.255 e. The van der Waals surface area contributed by atoms with Gasteiger partial charge in [0.1, 0.15) is 6.04 Å². The van der Waals surface area contributed by atoms with Crippen molar-refractivity contribution in [3.8, 4) is 0 Å². The molecule has 0 bridgehead atoms. The summed E-state index contributed by atoms with van der Waals surface area (Å²) >= 11 is 0. The van der Waals surface area contributed by atoms with Crippen LogP contribution in [-0.2, 0) is 22.7 Å². The van der Waals surface area contributed by atoms with Crippen LogP contribution in [0.1, 0.15) is 60.0 Å². The van der Waals surface area contributed by atoms with Crippen molar-refractivity contribution >= 4 is 17.7 Å². The predicted molar refractivity (Wildman–Crippen MR) is 107 cm³/mol. The standard InChI is InChI=1S/C22H28N4O3/c23-15-9-22(7-2-8-22)13-25(11-15)10-14-3-1-4-16-17(14)12-26(21(16)29)18-5-6-19(27)24-20(18)28/h1,3-4,15,18H,2,5-13,23H2,(H,24,27,28). The van der Waals surface area contributed by atoms with E-state index in [2.05, 4.69) is 16.3 Å². The normalized spacial score (nSPS) is 29.0. The fraction of sp³-hybridized carbons (Fsp3) is 0.591. The number of amides is 3. The summed E-state index contributed by atoms with van der Waals surface area (Å²) in [6.07, 6.45) is 5.63. The lowest BCUT2D eigenvalue weighted by Gasteiger charge is -2.51. The first-order chi connectivity index (χ1) is 13.9. The highest BCUT2D eigenvalue weighted by atomic mass is 16.2. The third kappa shape index (κ3) is 3.26. The number of carbonyl (C=O) groups is 3. The number of hydrogen-bond acceptors (Lipinski definition) is 5. The maximum Gasteiger partial charge on any atom is 0.255 e. The average Bonchev–Trinajstić information content (AvgIpc) is 2.98. The van der Waals surface area contributed by atoms with Crippen LogP contribution in [0.3, 0.4) is 0 Å². The van der Waals surface area contributed by atoms with Crippen LogP contribution in [0.2, 0.25) is 0 Å². The summed E-state index contributed by atoms with van der Waals surface area (Å²) in [5, 5.41) is 2.37. The molecule has 29 heavy (non-hydrogen) atoms. The lowest BCUT2D eigenvalue weighted by molar-refractivity contribution is -0.136. The first-order valence-corrected chi connectivity index (χ1v) is 10.7. The summed E-state index contributed by atoms with van der Waals surface area (Å²) in [4.78, 5) is 40.8. The molecule has 3 heterocycles. The SMILES string of the molecule is NC1CN(Cc2cccc3c2CN(C2CCC(=O)NC2=O)C3=O)CC2(CCC2)C1. The van der Waals surface area contributed by atoms with Gasteiger partial charge in [-0.1, -0.05) is 18.6 Å². The second-order valence-corrected chi connectivity index (χ2v) is 9.33. The number of piperidine rings is 2. The summed E-state index contributed by atoms with van der Waals surface area (Å²) < 4.78 is 0. The number of rotatable bonds is 3. The van der Waals surface area contributed by atoms with Gasteiger partial charge >= 0.3 is 0 Å². The zero-order valence-corrected chi connectivity index (χ0v) is 16.7. The van der Waals surface area contributed by atoms with Gasteiger partial charge in [-0.05, 0) is 48.3 Å². The molecule has 3 N–H and O–H groups in total. The minimum atomic E-state index is -0.567. The van der Waals surface area contributed by atoms with E-state index < -0.39 is 6.04 Å². The van der Waals surface area contributed by atoms with Crippen molar-refractivity contribution in [3.63, 3.8) is 0 Å². The first-order valence-electron chi connectivity index (χ1n) is 10.7. The second-order valence-electron chi connectivity index (χ2n) is 9.33. The molecule has 3 amide bonds. The Bertz CT molecular complexity index is 879. The Morgan fingerprint density at radius 2 is 2.03 bits per heavy atom. The highest BCUT2D eigenvalue weighted by molar-refractivity contribution is 6.05. The molecule has 7 heteroatoms. The van der Waals surface area contributed by atoms with Gasteiger partial charge in [-0.25, -0.2) is 0 Å². The molecule has 7 nitrogen and oxygen atoms in total. The first kappa shape index (κ1) is 18.8. The predicted octanol–water partition coefficient (Wildman–Crippen LogP) is 1.15. The van der Waals surface area contributed by atoms with E-state index in [4.69, 9.17) is 5.73 Å². The summed E-state index contributed by atoms with van der Waals surface area (Å²) in [6.45, 7) is 3.18. The van der Waals surface area contributed by atoms with E-state index in [9.17, 15) is 14.4 Å². The van der Waals surface area contributed by atoms with E-state index in [-0.39, 0.29) is 30.2 Å². The zero-order chi connectivity index (χ0) is 20.2. The number of carbonyl (C=O) groups excluding carboxylic acids is 3. The van der Waals surface area contributed by atoms with Gasteiger partial charge in [0.15, 0.2) is 0 Å². The Morgan fingerprint density at radius 1 is 1.21 bits per heavy atom. The fourth-order valence-corrected chi connectivity index (χ4v) is 5.75. The summed E-state index contributed by atoms with van der Waals surface area (Å²) in [7, 11) is 0. The lowest BCUT2D eigenvalue weighted by atomic mass is 9.63. The average molecular weight is 396 g/mol. The zero-order valence-electron chi connectivity index (χ0n) is 16.7. The van der Waals surface area contributed by atoms with Crippen LogP contribution in [0, 0.1) is 5.41 Å². The summed E-state index contributed by atoms with van der Waals surface area (Å²) in [6, 6.07) is 5.52. The van der Waals surface area contributed by atoms with E-state index >= 15 is 0 Å². The Balaban J connectivity index is 1.35. The molecular formula is C22H28N4O3. The number of hydrogen-bond donors (Lipinski definition) is 2. The molecular weight excluding hydrogens is 368 g/mol. The minimum Gasteiger partial charge on any atom is -0.327 e. The lowest BCUT2D eigenvalue weighted by Crippen LogP contribution is -2.54. The second kappa shape index (κ2) is 6.92. The van der Waals surface area contributed by atoms with Crippen LogP contribution >= 0.6 is 0 Å². The molecule has 1 spiro atoms. The van der Waals surface area contributed by atoms with Gasteiger partial charge in [0.2, 0.25) is 11.8 Å². The Labute approximate surface area is 170 Å². The molecule has 3 fully saturated rings. The number of imide groups is 1. The van der Waals surface area contributed by atoms with Crippen LogP contribution in [0.4, 0.5) is 0 Å². The molecule has 1 aliphatic carbocycles. The van der Waals surface area contributed by atoms with Crippen molar-refractivity contribution in [1.29, 1.82) is 0 Å². The van der Waals surface area contributed by atoms with Crippen LogP contribution in [0.15, 0.2) is 18.2 Å². The van der Waals surface area contributed by atoms with E-state index in [1.807, 2.05) is 12.1 Å². The molecule has 2 unspecified atom stereocenters. The van der Waals surface area contributed by atoms with E-state index in [0.29, 0.717) is 23.9 Å². The number of nitrogens with two attached hydrogens (primary N) is 1. The highest BCUT2D eigenvalue weighted by Gasteiger charge is 2.44. The van der Waals surface area contributed by atoms with Crippen molar-refractivity contribution in [1.82, 2.24) is 15.1 Å². The third-order valence-electron chi connectivity index (χ3n) is 7.23. The largest absolute Gasteiger partial charge is 0.327 e. The Hall–Kier alpha value is -2.25. The van der Waals surface area contributed by atoms with Gasteiger partial charge in [-0.3, -0.25) is 24.6 Å². The van der Waals surface area contributed by atoms with Crippen molar-refractivity contribution in [3.05, 3.63) is 34.9 Å². The van der Waals surface area contributed by atoms with Crippen molar-refractivity contribution in [2.45, 2.75) is 63.7 Å². The Kier molecular flexibility index (Phi) is 4.47. The van der Waals surface area contributed by atoms with Crippen LogP contribution in [-0.4, -0.2) is 52.7 Å². The maximum atomic E-state index is 13.0. The summed E-state index contributed by atoms with van der Waals surface area (Å²) in [5.74, 6) is -0.734. The fourth-order valence-electron chi connectivity index (χ4n) is 5.75. The van der Waals surface area contributed by atoms with Crippen LogP contribution < -0.4 is 11.1 Å². The molecule has 1 aromatic rings. The molecule has 4 aliphatic rings. The number of benzene rings is 1. The number of likely N-dealkylation sites (tertiary alicyclic amines) is 1. The monoisotopic (exact) mass is 396 g/mol. The molecule has 0 radical (unpaired) electrons. The minimum absolute atomic E-state index is 0.109. The van der Waals surface area contributed by atoms with Crippen molar-refractivity contribution < 1.29 is 14.4 Å². The van der Waals surface area contributed by atoms with Gasteiger partial charge in [0.05, 0.1) is 0 Å². The van der Waals surface area contributed by atoms with E-state index in [1.54, 1.807) is 4.90 Å².